The van der Waals surface area contributed by atoms with Crippen molar-refractivity contribution < 1.29 is 19.4 Å². The van der Waals surface area contributed by atoms with Gasteiger partial charge in [0.05, 0.1) is 19.3 Å². The zero-order chi connectivity index (χ0) is 12.6. The molecule has 1 amide bonds. The minimum Gasteiger partial charge on any atom is -0.444 e. The fourth-order valence-corrected chi connectivity index (χ4v) is 1.03. The summed E-state index contributed by atoms with van der Waals surface area (Å²) in [5, 5.41) is 11.2. The molecule has 0 radical (unpaired) electrons. The zero-order valence-corrected chi connectivity index (χ0v) is 10.6. The average Bonchev–Trinajstić information content (AvgIpc) is 2.11. The van der Waals surface area contributed by atoms with Crippen molar-refractivity contribution >= 4 is 6.09 Å². The molecule has 0 rings (SSSR count). The van der Waals surface area contributed by atoms with Crippen LogP contribution in [0.3, 0.4) is 0 Å². The highest BCUT2D eigenvalue weighted by Crippen LogP contribution is 2.06. The summed E-state index contributed by atoms with van der Waals surface area (Å²) in [6.45, 7) is 8.20. The van der Waals surface area contributed by atoms with Gasteiger partial charge in [0.15, 0.2) is 0 Å². The molecule has 0 heterocycles. The van der Waals surface area contributed by atoms with Crippen LogP contribution < -0.4 is 5.32 Å². The number of amides is 1. The molecule has 0 aliphatic heterocycles. The first kappa shape index (κ1) is 15.2. The summed E-state index contributed by atoms with van der Waals surface area (Å²) in [5.41, 5.74) is -0.469. The van der Waals surface area contributed by atoms with Gasteiger partial charge in [-0.2, -0.15) is 0 Å². The maximum atomic E-state index is 11.2. The Hall–Kier alpha value is -0.810. The molecule has 0 bridgehead atoms. The Labute approximate surface area is 97.1 Å². The third kappa shape index (κ3) is 9.73. The van der Waals surface area contributed by atoms with Crippen molar-refractivity contribution in [1.82, 2.24) is 5.32 Å². The van der Waals surface area contributed by atoms with Crippen molar-refractivity contribution in [3.8, 4) is 0 Å². The molecule has 0 spiro atoms. The summed E-state index contributed by atoms with van der Waals surface area (Å²) in [4.78, 5) is 11.2. The van der Waals surface area contributed by atoms with Crippen LogP contribution in [0.2, 0.25) is 0 Å². The second kappa shape index (κ2) is 7.46. The standard InChI is InChI=1S/C11H23NO4/c1-9(15-8-7-13)5-6-12-10(14)16-11(2,3)4/h9,13H,5-8H2,1-4H3,(H,12,14). The number of hydrogen-bond donors (Lipinski definition) is 2. The van der Waals surface area contributed by atoms with Crippen molar-refractivity contribution in [2.24, 2.45) is 0 Å². The first-order chi connectivity index (χ1) is 7.35. The van der Waals surface area contributed by atoms with Crippen molar-refractivity contribution in [3.05, 3.63) is 0 Å². The van der Waals surface area contributed by atoms with Gasteiger partial charge in [0.2, 0.25) is 0 Å². The van der Waals surface area contributed by atoms with Crippen LogP contribution in [-0.2, 0) is 9.47 Å². The van der Waals surface area contributed by atoms with Crippen LogP contribution in [0.1, 0.15) is 34.1 Å². The van der Waals surface area contributed by atoms with Crippen molar-refractivity contribution in [3.63, 3.8) is 0 Å². The quantitative estimate of drug-likeness (QED) is 0.725. The van der Waals surface area contributed by atoms with Gasteiger partial charge in [-0.25, -0.2) is 4.79 Å². The molecule has 0 aromatic carbocycles. The number of aliphatic hydroxyl groups excluding tert-OH is 1. The fourth-order valence-electron chi connectivity index (χ4n) is 1.03. The maximum absolute atomic E-state index is 11.2. The van der Waals surface area contributed by atoms with E-state index in [0.29, 0.717) is 19.6 Å². The molecular formula is C11H23NO4. The fraction of sp³-hybridized carbons (Fsp3) is 0.909. The number of rotatable bonds is 6. The Bertz CT molecular complexity index is 201. The molecule has 96 valence electrons. The lowest BCUT2D eigenvalue weighted by atomic mass is 10.2. The van der Waals surface area contributed by atoms with Gasteiger partial charge < -0.3 is 19.9 Å². The average molecular weight is 233 g/mol. The largest absolute Gasteiger partial charge is 0.444 e. The Kier molecular flexibility index (Phi) is 7.08. The first-order valence-corrected chi connectivity index (χ1v) is 5.54. The molecule has 1 unspecified atom stereocenters. The van der Waals surface area contributed by atoms with Crippen LogP contribution in [0.5, 0.6) is 0 Å². The summed E-state index contributed by atoms with van der Waals surface area (Å²) < 4.78 is 10.3. The Morgan fingerprint density at radius 3 is 2.56 bits per heavy atom. The molecule has 5 nitrogen and oxygen atoms in total. The molecular weight excluding hydrogens is 210 g/mol. The normalized spacial score (nSPS) is 13.3. The highest BCUT2D eigenvalue weighted by atomic mass is 16.6. The molecule has 0 aliphatic carbocycles. The predicted molar refractivity (Wildman–Crippen MR) is 61.4 cm³/mol. The summed E-state index contributed by atoms with van der Waals surface area (Å²) >= 11 is 0. The molecule has 0 saturated carbocycles. The van der Waals surface area contributed by atoms with Crippen LogP contribution in [0, 0.1) is 0 Å². The highest BCUT2D eigenvalue weighted by molar-refractivity contribution is 5.67. The first-order valence-electron chi connectivity index (χ1n) is 5.54. The highest BCUT2D eigenvalue weighted by Gasteiger charge is 2.15. The van der Waals surface area contributed by atoms with Crippen molar-refractivity contribution in [2.45, 2.75) is 45.8 Å². The monoisotopic (exact) mass is 233 g/mol. The lowest BCUT2D eigenvalue weighted by molar-refractivity contribution is 0.0319. The van der Waals surface area contributed by atoms with Gasteiger partial charge in [0, 0.05) is 6.54 Å². The number of hydrogen-bond acceptors (Lipinski definition) is 4. The molecule has 0 saturated heterocycles. The van der Waals surface area contributed by atoms with E-state index >= 15 is 0 Å². The van der Waals surface area contributed by atoms with E-state index in [-0.39, 0.29) is 12.7 Å². The van der Waals surface area contributed by atoms with Crippen LogP contribution in [0.15, 0.2) is 0 Å². The maximum Gasteiger partial charge on any atom is 0.407 e. The molecule has 5 heteroatoms. The summed E-state index contributed by atoms with van der Waals surface area (Å²) in [6, 6.07) is 0. The smallest absolute Gasteiger partial charge is 0.407 e. The third-order valence-corrected chi connectivity index (χ3v) is 1.71. The summed E-state index contributed by atoms with van der Waals surface area (Å²) in [6.07, 6.45) is 0.295. The molecule has 1 atom stereocenters. The Morgan fingerprint density at radius 1 is 1.44 bits per heavy atom. The topological polar surface area (TPSA) is 67.8 Å². The van der Waals surface area contributed by atoms with Gasteiger partial charge in [0.25, 0.3) is 0 Å². The number of nitrogens with one attached hydrogen (secondary N) is 1. The van der Waals surface area contributed by atoms with Gasteiger partial charge in [-0.1, -0.05) is 0 Å². The molecule has 0 aromatic heterocycles. The predicted octanol–water partition coefficient (Wildman–Crippen LogP) is 1.30. The van der Waals surface area contributed by atoms with E-state index in [1.54, 1.807) is 0 Å². The summed E-state index contributed by atoms with van der Waals surface area (Å²) in [5.74, 6) is 0. The lowest BCUT2D eigenvalue weighted by Crippen LogP contribution is -2.34. The van der Waals surface area contributed by atoms with E-state index in [1.807, 2.05) is 27.7 Å². The van der Waals surface area contributed by atoms with E-state index in [9.17, 15) is 4.79 Å². The van der Waals surface area contributed by atoms with Crippen LogP contribution in [0.25, 0.3) is 0 Å². The summed E-state index contributed by atoms with van der Waals surface area (Å²) in [7, 11) is 0. The molecule has 16 heavy (non-hydrogen) atoms. The number of aliphatic hydroxyl groups is 1. The van der Waals surface area contributed by atoms with E-state index in [4.69, 9.17) is 14.6 Å². The number of carbonyl (C=O) groups excluding carboxylic acids is 1. The van der Waals surface area contributed by atoms with Crippen molar-refractivity contribution in [1.29, 1.82) is 0 Å². The Balaban J connectivity index is 3.54. The minimum atomic E-state index is -0.469. The van der Waals surface area contributed by atoms with Gasteiger partial charge >= 0.3 is 6.09 Å². The SMILES string of the molecule is CC(CCNC(=O)OC(C)(C)C)OCCO. The van der Waals surface area contributed by atoms with E-state index < -0.39 is 11.7 Å². The van der Waals surface area contributed by atoms with Gasteiger partial charge in [0.1, 0.15) is 5.60 Å². The zero-order valence-electron chi connectivity index (χ0n) is 10.6. The second-order valence-corrected chi connectivity index (χ2v) is 4.62. The van der Waals surface area contributed by atoms with Gasteiger partial charge in [-0.05, 0) is 34.1 Å². The molecule has 0 aromatic rings. The van der Waals surface area contributed by atoms with Gasteiger partial charge in [-0.3, -0.25) is 0 Å². The van der Waals surface area contributed by atoms with E-state index in [0.717, 1.165) is 0 Å². The van der Waals surface area contributed by atoms with Gasteiger partial charge in [-0.15, -0.1) is 0 Å². The molecule has 0 aliphatic rings. The van der Waals surface area contributed by atoms with E-state index in [1.165, 1.54) is 0 Å². The second-order valence-electron chi connectivity index (χ2n) is 4.62. The lowest BCUT2D eigenvalue weighted by Gasteiger charge is -2.20. The van der Waals surface area contributed by atoms with Crippen molar-refractivity contribution in [2.75, 3.05) is 19.8 Å². The number of carbonyl (C=O) groups is 1. The van der Waals surface area contributed by atoms with Crippen LogP contribution in [0.4, 0.5) is 4.79 Å². The number of ether oxygens (including phenoxy) is 2. The van der Waals surface area contributed by atoms with Crippen LogP contribution in [-0.4, -0.2) is 42.7 Å². The van der Waals surface area contributed by atoms with E-state index in [2.05, 4.69) is 5.32 Å². The van der Waals surface area contributed by atoms with Crippen LogP contribution >= 0.6 is 0 Å². The molecule has 0 fully saturated rings. The molecule has 2 N–H and O–H groups in total. The number of alkyl carbamates (subject to hydrolysis) is 1. The third-order valence-electron chi connectivity index (χ3n) is 1.71. The minimum absolute atomic E-state index is 0.0158. The Morgan fingerprint density at radius 2 is 2.06 bits per heavy atom.